The van der Waals surface area contributed by atoms with E-state index in [1.165, 1.54) is 0 Å². The van der Waals surface area contributed by atoms with E-state index in [9.17, 15) is 0 Å². The number of hydrogen-bond acceptors (Lipinski definition) is 1. The van der Waals surface area contributed by atoms with Crippen LogP contribution in [0.4, 0.5) is 0 Å². The van der Waals surface area contributed by atoms with Gasteiger partial charge in [0, 0.05) is 13.2 Å². The number of guanidine groups is 1. The lowest BCUT2D eigenvalue weighted by atomic mass is 10.5. The first kappa shape index (κ1) is 8.01. The van der Waals surface area contributed by atoms with Crippen LogP contribution in [-0.2, 0) is 0 Å². The van der Waals surface area contributed by atoms with Crippen molar-refractivity contribution in [3.63, 3.8) is 0 Å². The monoisotopic (exact) mass is 127 g/mol. The van der Waals surface area contributed by atoms with E-state index >= 15 is 0 Å². The molecule has 0 radical (unpaired) electrons. The van der Waals surface area contributed by atoms with Crippen molar-refractivity contribution in [1.82, 2.24) is 5.32 Å². The van der Waals surface area contributed by atoms with E-state index in [-0.39, 0.29) is 0 Å². The van der Waals surface area contributed by atoms with E-state index in [0.717, 1.165) is 6.42 Å². The van der Waals surface area contributed by atoms with E-state index in [1.807, 2.05) is 13.0 Å². The van der Waals surface area contributed by atoms with Crippen LogP contribution in [0.15, 0.2) is 17.3 Å². The molecule has 0 aliphatic heterocycles. The predicted molar refractivity (Wildman–Crippen MR) is 40.1 cm³/mol. The normalized spacial score (nSPS) is 12.4. The molecule has 0 atom stereocenters. The van der Waals surface area contributed by atoms with Crippen molar-refractivity contribution < 1.29 is 0 Å². The van der Waals surface area contributed by atoms with Gasteiger partial charge < -0.3 is 11.1 Å². The summed E-state index contributed by atoms with van der Waals surface area (Å²) in [5, 5.41) is 2.70. The van der Waals surface area contributed by atoms with Gasteiger partial charge in [0.05, 0.1) is 0 Å². The van der Waals surface area contributed by atoms with Crippen molar-refractivity contribution in [2.45, 2.75) is 13.3 Å². The van der Waals surface area contributed by atoms with E-state index in [2.05, 4.69) is 10.3 Å². The lowest BCUT2D eigenvalue weighted by molar-refractivity contribution is 1.13. The molecule has 0 fully saturated rings. The molecule has 0 saturated heterocycles. The summed E-state index contributed by atoms with van der Waals surface area (Å²) in [6.07, 6.45) is 4.61. The Morgan fingerprint density at radius 3 is 2.89 bits per heavy atom. The Hall–Kier alpha value is -0.990. The molecular formula is C6H13N3. The third kappa shape index (κ3) is 4.87. The third-order valence-electron chi connectivity index (χ3n) is 0.811. The molecular weight excluding hydrogens is 114 g/mol. The molecule has 52 valence electrons. The van der Waals surface area contributed by atoms with Crippen molar-refractivity contribution >= 4 is 5.96 Å². The van der Waals surface area contributed by atoms with Crippen LogP contribution < -0.4 is 11.1 Å². The highest BCUT2D eigenvalue weighted by Crippen LogP contribution is 1.78. The van der Waals surface area contributed by atoms with E-state index < -0.39 is 0 Å². The minimum atomic E-state index is 0.444. The molecule has 0 rings (SSSR count). The van der Waals surface area contributed by atoms with Gasteiger partial charge in [0.15, 0.2) is 5.96 Å². The molecule has 0 aliphatic rings. The summed E-state index contributed by atoms with van der Waals surface area (Å²) in [6, 6.07) is 0. The highest BCUT2D eigenvalue weighted by Gasteiger charge is 1.75. The molecule has 0 heterocycles. The van der Waals surface area contributed by atoms with Crippen molar-refractivity contribution in [3.05, 3.63) is 12.3 Å². The van der Waals surface area contributed by atoms with Crippen LogP contribution in [0, 0.1) is 0 Å². The predicted octanol–water partition coefficient (Wildman–Crippen LogP) is 0.444. The molecule has 0 spiro atoms. The maximum Gasteiger partial charge on any atom is 0.192 e. The second-order valence-electron chi connectivity index (χ2n) is 1.56. The zero-order chi connectivity index (χ0) is 7.11. The number of allylic oxidation sites excluding steroid dienone is 1. The number of aliphatic imine (C=N–C) groups is 1. The van der Waals surface area contributed by atoms with Gasteiger partial charge in [-0.2, -0.15) is 0 Å². The quantitative estimate of drug-likeness (QED) is 0.418. The summed E-state index contributed by atoms with van der Waals surface area (Å²) >= 11 is 0. The average Bonchev–Trinajstić information content (AvgIpc) is 1.89. The number of nitrogens with two attached hydrogens (primary N) is 1. The van der Waals surface area contributed by atoms with Gasteiger partial charge in [-0.15, -0.1) is 0 Å². The number of hydrogen-bond donors (Lipinski definition) is 2. The van der Waals surface area contributed by atoms with Gasteiger partial charge in [0.2, 0.25) is 0 Å². The first-order chi connectivity index (χ1) is 4.31. The lowest BCUT2D eigenvalue weighted by Crippen LogP contribution is -2.26. The Kier molecular flexibility index (Phi) is 4.59. The van der Waals surface area contributed by atoms with Crippen LogP contribution in [0.25, 0.3) is 0 Å². The summed E-state index contributed by atoms with van der Waals surface area (Å²) in [4.78, 5) is 3.84. The SMILES string of the molecule is CCC=CN=C(N)NC. The number of rotatable bonds is 2. The molecule has 0 bridgehead atoms. The molecule has 3 heteroatoms. The minimum absolute atomic E-state index is 0.444. The van der Waals surface area contributed by atoms with Gasteiger partial charge in [-0.25, -0.2) is 4.99 Å². The Morgan fingerprint density at radius 2 is 2.44 bits per heavy atom. The van der Waals surface area contributed by atoms with Crippen molar-refractivity contribution in [3.8, 4) is 0 Å². The summed E-state index contributed by atoms with van der Waals surface area (Å²) in [6.45, 7) is 2.04. The molecule has 0 unspecified atom stereocenters. The molecule has 3 nitrogen and oxygen atoms in total. The van der Waals surface area contributed by atoms with Crippen molar-refractivity contribution in [2.24, 2.45) is 10.7 Å². The second-order valence-corrected chi connectivity index (χ2v) is 1.56. The fourth-order valence-corrected chi connectivity index (χ4v) is 0.303. The summed E-state index contributed by atoms with van der Waals surface area (Å²) in [5.74, 6) is 0.444. The maximum atomic E-state index is 5.30. The molecule has 0 aliphatic carbocycles. The Bertz CT molecular complexity index is 115. The van der Waals surface area contributed by atoms with E-state index in [4.69, 9.17) is 5.73 Å². The smallest absolute Gasteiger partial charge is 0.192 e. The minimum Gasteiger partial charge on any atom is -0.370 e. The maximum absolute atomic E-state index is 5.30. The lowest BCUT2D eigenvalue weighted by Gasteiger charge is -1.91. The Balaban J connectivity index is 3.55. The molecule has 0 aromatic heterocycles. The zero-order valence-corrected chi connectivity index (χ0v) is 5.89. The summed E-state index contributed by atoms with van der Waals surface area (Å²) in [5.41, 5.74) is 5.30. The van der Waals surface area contributed by atoms with Gasteiger partial charge in [0.25, 0.3) is 0 Å². The fourth-order valence-electron chi connectivity index (χ4n) is 0.303. The zero-order valence-electron chi connectivity index (χ0n) is 5.89. The van der Waals surface area contributed by atoms with E-state index in [1.54, 1.807) is 13.2 Å². The largest absolute Gasteiger partial charge is 0.370 e. The summed E-state index contributed by atoms with van der Waals surface area (Å²) in [7, 11) is 1.73. The molecule has 9 heavy (non-hydrogen) atoms. The molecule has 3 N–H and O–H groups in total. The first-order valence-corrected chi connectivity index (χ1v) is 2.97. The molecule has 0 aromatic carbocycles. The van der Waals surface area contributed by atoms with Crippen molar-refractivity contribution in [2.75, 3.05) is 7.05 Å². The molecule has 0 aromatic rings. The van der Waals surface area contributed by atoms with Crippen LogP contribution >= 0.6 is 0 Å². The van der Waals surface area contributed by atoms with Gasteiger partial charge in [-0.1, -0.05) is 13.0 Å². The Labute approximate surface area is 55.7 Å². The number of nitrogens with one attached hydrogen (secondary N) is 1. The second kappa shape index (κ2) is 5.15. The van der Waals surface area contributed by atoms with Crippen LogP contribution in [0.5, 0.6) is 0 Å². The average molecular weight is 127 g/mol. The third-order valence-corrected chi connectivity index (χ3v) is 0.811. The Morgan fingerprint density at radius 1 is 1.78 bits per heavy atom. The topological polar surface area (TPSA) is 50.4 Å². The van der Waals surface area contributed by atoms with E-state index in [0.29, 0.717) is 5.96 Å². The van der Waals surface area contributed by atoms with Crippen LogP contribution in [-0.4, -0.2) is 13.0 Å². The number of nitrogens with zero attached hydrogens (tertiary/aromatic N) is 1. The molecule has 0 amide bonds. The van der Waals surface area contributed by atoms with Gasteiger partial charge in [-0.3, -0.25) is 0 Å². The fraction of sp³-hybridized carbons (Fsp3) is 0.500. The molecule has 0 saturated carbocycles. The first-order valence-electron chi connectivity index (χ1n) is 2.97. The van der Waals surface area contributed by atoms with Crippen LogP contribution in [0.3, 0.4) is 0 Å². The van der Waals surface area contributed by atoms with Crippen LogP contribution in [0.1, 0.15) is 13.3 Å². The van der Waals surface area contributed by atoms with Gasteiger partial charge in [-0.05, 0) is 6.42 Å². The van der Waals surface area contributed by atoms with Crippen molar-refractivity contribution in [1.29, 1.82) is 0 Å². The highest BCUT2D eigenvalue weighted by molar-refractivity contribution is 5.77. The standard InChI is InChI=1S/C6H13N3/c1-3-4-5-9-6(7)8-2/h4-5H,3H2,1-2H3,(H3,7,8,9). The summed E-state index contributed by atoms with van der Waals surface area (Å²) < 4.78 is 0. The highest BCUT2D eigenvalue weighted by atomic mass is 15.1. The van der Waals surface area contributed by atoms with Gasteiger partial charge >= 0.3 is 0 Å². The van der Waals surface area contributed by atoms with Gasteiger partial charge in [0.1, 0.15) is 0 Å². The van der Waals surface area contributed by atoms with Crippen LogP contribution in [0.2, 0.25) is 0 Å².